The molecule has 2 aromatic rings. The maximum Gasteiger partial charge on any atom is 0.253 e. The van der Waals surface area contributed by atoms with E-state index in [-0.39, 0.29) is 22.7 Å². The third-order valence-corrected chi connectivity index (χ3v) is 8.62. The van der Waals surface area contributed by atoms with Crippen molar-refractivity contribution >= 4 is 46.8 Å². The highest BCUT2D eigenvalue weighted by Gasteiger charge is 2.44. The number of nitrogens with one attached hydrogen (secondary N) is 2. The fourth-order valence-electron chi connectivity index (χ4n) is 4.38. The molecule has 2 aliphatic rings. The number of benzene rings is 2. The lowest BCUT2D eigenvalue weighted by Crippen LogP contribution is -2.54. The zero-order chi connectivity index (χ0) is 23.4. The molecule has 8 heteroatoms. The molecule has 1 atom stereocenters. The van der Waals surface area contributed by atoms with Gasteiger partial charge in [0.15, 0.2) is 0 Å². The Labute approximate surface area is 209 Å². The van der Waals surface area contributed by atoms with Crippen molar-refractivity contribution in [1.82, 2.24) is 15.5 Å². The van der Waals surface area contributed by atoms with Gasteiger partial charge in [0.05, 0.1) is 10.9 Å². The Morgan fingerprint density at radius 3 is 2.55 bits per heavy atom. The minimum absolute atomic E-state index is 0.0129. The lowest BCUT2D eigenvalue weighted by molar-refractivity contribution is -0.122. The van der Waals surface area contributed by atoms with Crippen LogP contribution in [0.4, 0.5) is 0 Å². The minimum Gasteiger partial charge on any atom is -0.354 e. The summed E-state index contributed by atoms with van der Waals surface area (Å²) in [6.45, 7) is 4.01. The van der Waals surface area contributed by atoms with Crippen molar-refractivity contribution in [2.24, 2.45) is 0 Å². The van der Waals surface area contributed by atoms with Crippen molar-refractivity contribution < 1.29 is 9.59 Å². The van der Waals surface area contributed by atoms with Crippen LogP contribution in [0, 0.1) is 0 Å². The third kappa shape index (κ3) is 5.86. The molecule has 0 bridgehead atoms. The van der Waals surface area contributed by atoms with E-state index in [1.165, 1.54) is 5.56 Å². The monoisotopic (exact) mass is 505 g/mol. The second kappa shape index (κ2) is 10.7. The second-order valence-corrected chi connectivity index (χ2v) is 10.9. The zero-order valence-corrected chi connectivity index (χ0v) is 21.0. The summed E-state index contributed by atoms with van der Waals surface area (Å²) in [6, 6.07) is 13.1. The lowest BCUT2D eigenvalue weighted by Gasteiger charge is -2.39. The molecule has 2 aromatic carbocycles. The fraction of sp³-hybridized carbons (Fsp3) is 0.440. The van der Waals surface area contributed by atoms with Crippen LogP contribution >= 0.6 is 35.0 Å². The van der Waals surface area contributed by atoms with Crippen LogP contribution in [-0.2, 0) is 17.6 Å². The summed E-state index contributed by atoms with van der Waals surface area (Å²) in [5.74, 6) is 0.838. The van der Waals surface area contributed by atoms with E-state index in [0.29, 0.717) is 36.1 Å². The molecule has 5 nitrogen and oxygen atoms in total. The van der Waals surface area contributed by atoms with Gasteiger partial charge in [-0.1, -0.05) is 48.3 Å². The van der Waals surface area contributed by atoms with Gasteiger partial charge in [-0.2, -0.15) is 0 Å². The molecule has 1 unspecified atom stereocenters. The standard InChI is InChI=1S/C25H29Cl2N3O2S/c1-2-17-3-5-19(6-4-17)24(32)30-13-10-25(11-14-30)29-22(16-33-25)23(31)28-12-9-18-7-8-20(26)15-21(18)27/h3-8,15,22,29H,2,9-14,16H2,1H3,(H,28,31). The number of piperidine rings is 1. The molecule has 1 spiro atoms. The van der Waals surface area contributed by atoms with E-state index in [9.17, 15) is 9.59 Å². The van der Waals surface area contributed by atoms with Crippen LogP contribution in [0.5, 0.6) is 0 Å². The number of hydrogen-bond acceptors (Lipinski definition) is 4. The number of rotatable bonds is 6. The van der Waals surface area contributed by atoms with E-state index in [2.05, 4.69) is 17.6 Å². The largest absolute Gasteiger partial charge is 0.354 e. The average molecular weight is 506 g/mol. The van der Waals surface area contributed by atoms with Crippen molar-refractivity contribution in [2.75, 3.05) is 25.4 Å². The molecule has 2 saturated heterocycles. The predicted octanol–water partition coefficient (Wildman–Crippen LogP) is 4.55. The van der Waals surface area contributed by atoms with Crippen molar-refractivity contribution in [3.05, 3.63) is 69.2 Å². The molecule has 4 rings (SSSR count). The molecule has 0 aliphatic carbocycles. The van der Waals surface area contributed by atoms with Crippen LogP contribution < -0.4 is 10.6 Å². The van der Waals surface area contributed by atoms with E-state index in [1.54, 1.807) is 23.9 Å². The van der Waals surface area contributed by atoms with Gasteiger partial charge in [-0.25, -0.2) is 0 Å². The van der Waals surface area contributed by atoms with Gasteiger partial charge >= 0.3 is 0 Å². The molecule has 2 N–H and O–H groups in total. The Morgan fingerprint density at radius 2 is 1.88 bits per heavy atom. The van der Waals surface area contributed by atoms with Crippen molar-refractivity contribution in [3.63, 3.8) is 0 Å². The fourth-order valence-corrected chi connectivity index (χ4v) is 6.30. The van der Waals surface area contributed by atoms with Crippen LogP contribution in [0.1, 0.15) is 41.3 Å². The molecule has 2 fully saturated rings. The Kier molecular flexibility index (Phi) is 7.90. The molecule has 0 saturated carbocycles. The number of carbonyl (C=O) groups is 2. The lowest BCUT2D eigenvalue weighted by atomic mass is 10.0. The summed E-state index contributed by atoms with van der Waals surface area (Å²) in [6.07, 6.45) is 3.29. The van der Waals surface area contributed by atoms with E-state index in [1.807, 2.05) is 35.2 Å². The minimum atomic E-state index is -0.223. The molecule has 176 valence electrons. The number of carbonyl (C=O) groups excluding carboxylic acids is 2. The molecule has 0 radical (unpaired) electrons. The van der Waals surface area contributed by atoms with Crippen LogP contribution in [-0.4, -0.2) is 53.0 Å². The van der Waals surface area contributed by atoms with Gasteiger partial charge in [0.25, 0.3) is 5.91 Å². The van der Waals surface area contributed by atoms with Crippen LogP contribution in [0.15, 0.2) is 42.5 Å². The molecule has 2 amide bonds. The second-order valence-electron chi connectivity index (χ2n) is 8.62. The van der Waals surface area contributed by atoms with Gasteiger partial charge < -0.3 is 10.2 Å². The smallest absolute Gasteiger partial charge is 0.253 e. The van der Waals surface area contributed by atoms with Gasteiger partial charge in [-0.15, -0.1) is 11.8 Å². The van der Waals surface area contributed by atoms with Gasteiger partial charge in [-0.05, 0) is 61.1 Å². The van der Waals surface area contributed by atoms with Crippen LogP contribution in [0.3, 0.4) is 0 Å². The normalized spacial score (nSPS) is 19.6. The first-order valence-corrected chi connectivity index (χ1v) is 13.1. The van der Waals surface area contributed by atoms with Gasteiger partial charge in [0.2, 0.25) is 5.91 Å². The maximum absolute atomic E-state index is 12.9. The molecule has 33 heavy (non-hydrogen) atoms. The summed E-state index contributed by atoms with van der Waals surface area (Å²) in [7, 11) is 0. The number of hydrogen-bond donors (Lipinski definition) is 2. The summed E-state index contributed by atoms with van der Waals surface area (Å²) in [4.78, 5) is 27.4. The first kappa shape index (κ1) is 24.4. The highest BCUT2D eigenvalue weighted by molar-refractivity contribution is 8.01. The highest BCUT2D eigenvalue weighted by atomic mass is 35.5. The summed E-state index contributed by atoms with van der Waals surface area (Å²) < 4.78 is 0. The van der Waals surface area contributed by atoms with Crippen LogP contribution in [0.2, 0.25) is 10.0 Å². The van der Waals surface area contributed by atoms with Gasteiger partial charge in [0, 0.05) is 41.0 Å². The number of thioether (sulfide) groups is 1. The number of amides is 2. The quantitative estimate of drug-likeness (QED) is 0.604. The predicted molar refractivity (Wildman–Crippen MR) is 136 cm³/mol. The molecule has 2 aliphatic heterocycles. The van der Waals surface area contributed by atoms with Gasteiger partial charge in [-0.3, -0.25) is 14.9 Å². The molecule has 0 aromatic heterocycles. The van der Waals surface area contributed by atoms with E-state index < -0.39 is 0 Å². The summed E-state index contributed by atoms with van der Waals surface area (Å²) in [5, 5.41) is 7.80. The Bertz CT molecular complexity index is 1010. The van der Waals surface area contributed by atoms with E-state index in [4.69, 9.17) is 23.2 Å². The zero-order valence-electron chi connectivity index (χ0n) is 18.7. The molecular weight excluding hydrogens is 477 g/mol. The Balaban J connectivity index is 1.24. The van der Waals surface area contributed by atoms with Crippen molar-refractivity contribution in [3.8, 4) is 0 Å². The number of aryl methyl sites for hydroxylation is 1. The SMILES string of the molecule is CCc1ccc(C(=O)N2CCC3(CC2)NC(C(=O)NCCc2ccc(Cl)cc2Cl)CS3)cc1. The Hall–Kier alpha value is -1.73. The number of halogens is 2. The number of likely N-dealkylation sites (tertiary alicyclic amines) is 1. The molecular formula is C25H29Cl2N3O2S. The van der Waals surface area contributed by atoms with Crippen molar-refractivity contribution in [1.29, 1.82) is 0 Å². The number of nitrogens with zero attached hydrogens (tertiary/aromatic N) is 1. The first-order chi connectivity index (χ1) is 15.9. The summed E-state index contributed by atoms with van der Waals surface area (Å²) >= 11 is 14.0. The maximum atomic E-state index is 12.9. The molecule has 2 heterocycles. The van der Waals surface area contributed by atoms with E-state index >= 15 is 0 Å². The average Bonchev–Trinajstić information content (AvgIpc) is 3.24. The van der Waals surface area contributed by atoms with Crippen LogP contribution in [0.25, 0.3) is 0 Å². The third-order valence-electron chi connectivity index (χ3n) is 6.46. The highest BCUT2D eigenvalue weighted by Crippen LogP contribution is 2.39. The Morgan fingerprint density at radius 1 is 1.15 bits per heavy atom. The van der Waals surface area contributed by atoms with Gasteiger partial charge in [0.1, 0.15) is 0 Å². The van der Waals surface area contributed by atoms with E-state index in [0.717, 1.165) is 36.1 Å². The first-order valence-electron chi connectivity index (χ1n) is 11.4. The summed E-state index contributed by atoms with van der Waals surface area (Å²) in [5.41, 5.74) is 2.94. The van der Waals surface area contributed by atoms with Crippen molar-refractivity contribution in [2.45, 2.75) is 43.5 Å². The topological polar surface area (TPSA) is 61.4 Å².